The van der Waals surface area contributed by atoms with Crippen LogP contribution in [-0.4, -0.2) is 250 Å². The second-order valence-corrected chi connectivity index (χ2v) is 27.5. The number of aliphatic hydroxyl groups is 14. The number of ether oxygens (including phenoxy) is 8. The third kappa shape index (κ3) is 10.4. The maximum atomic E-state index is 14.3. The Bertz CT molecular complexity index is 2400. The Morgan fingerprint density at radius 1 is 0.639 bits per heavy atom. The number of hydrogen-bond acceptors (Lipinski definition) is 24. The first-order valence-electron chi connectivity index (χ1n) is 29.4. The minimum Gasteiger partial charge on any atom is -0.479 e. The second kappa shape index (κ2) is 23.6. The Labute approximate surface area is 482 Å². The molecule has 25 heteroatoms. The quantitative estimate of drug-likeness (QED) is 0.0502. The summed E-state index contributed by atoms with van der Waals surface area (Å²) >= 11 is 0. The van der Waals surface area contributed by atoms with Gasteiger partial charge in [0.15, 0.2) is 37.0 Å². The number of fused-ring (bicyclic) bond motifs is 7. The fraction of sp³-hybridized carbons (Fsp3) is 0.897. The van der Waals surface area contributed by atoms with E-state index in [2.05, 4.69) is 33.8 Å². The number of carbonyl (C=O) groups excluding carboxylic acids is 1. The van der Waals surface area contributed by atoms with Crippen LogP contribution in [0.5, 0.6) is 0 Å². The Hall–Kier alpha value is -2.26. The van der Waals surface area contributed by atoms with Crippen LogP contribution < -0.4 is 0 Å². The number of carboxylic acids is 1. The number of allylic oxidation sites excluding steroid dienone is 3. The van der Waals surface area contributed by atoms with E-state index in [1.807, 2.05) is 20.8 Å². The number of carboxylic acid groups (broad SMARTS) is 1. The number of carbonyl (C=O) groups is 2. The van der Waals surface area contributed by atoms with E-state index >= 15 is 0 Å². The van der Waals surface area contributed by atoms with Gasteiger partial charge in [0, 0.05) is 16.7 Å². The highest BCUT2D eigenvalue weighted by Gasteiger charge is 2.75. The number of Topliss-reactive ketones (excluding diaryl/α,β-unsaturated/α-hetero) is 1. The molecule has 4 saturated carbocycles. The highest BCUT2D eigenvalue weighted by Crippen LogP contribution is 2.76. The molecule has 0 aromatic carbocycles. The molecule has 4 saturated heterocycles. The summed E-state index contributed by atoms with van der Waals surface area (Å²) in [5.41, 5.74) is -3.18. The molecule has 4 aliphatic heterocycles. The lowest BCUT2D eigenvalue weighted by Gasteiger charge is -2.73. The molecule has 0 aromatic heterocycles. The van der Waals surface area contributed by atoms with Crippen LogP contribution in [0.2, 0.25) is 0 Å². The summed E-state index contributed by atoms with van der Waals surface area (Å²) in [5, 5.41) is 167. The van der Waals surface area contributed by atoms with Gasteiger partial charge in [-0.05, 0) is 104 Å². The van der Waals surface area contributed by atoms with E-state index in [9.17, 15) is 86.2 Å². The average molecular weight is 1190 g/mol. The largest absolute Gasteiger partial charge is 0.479 e. The maximum Gasteiger partial charge on any atom is 0.335 e. The predicted molar refractivity (Wildman–Crippen MR) is 283 cm³/mol. The van der Waals surface area contributed by atoms with Gasteiger partial charge in [0.05, 0.1) is 44.7 Å². The fourth-order valence-corrected chi connectivity index (χ4v) is 17.5. The van der Waals surface area contributed by atoms with Crippen molar-refractivity contribution in [2.45, 2.75) is 242 Å². The number of aliphatic hydroxyl groups excluding tert-OH is 14. The molecular weight excluding hydrogens is 1100 g/mol. The van der Waals surface area contributed by atoms with Crippen molar-refractivity contribution in [3.8, 4) is 0 Å². The molecule has 0 unspecified atom stereocenters. The van der Waals surface area contributed by atoms with Crippen molar-refractivity contribution in [2.75, 3.05) is 26.4 Å². The first kappa shape index (κ1) is 65.2. The smallest absolute Gasteiger partial charge is 0.335 e. The summed E-state index contributed by atoms with van der Waals surface area (Å²) in [5.74, 6) is -3.31. The third-order valence-corrected chi connectivity index (χ3v) is 22.4. The van der Waals surface area contributed by atoms with Crippen molar-refractivity contribution in [3.63, 3.8) is 0 Å². The normalized spacial score (nSPS) is 52.5. The molecule has 0 bridgehead atoms. The molecule has 15 N–H and O–H groups in total. The average Bonchev–Trinajstić information content (AvgIpc) is 0.829. The number of hydrogen-bond donors (Lipinski definition) is 15. The van der Waals surface area contributed by atoms with Crippen LogP contribution >= 0.6 is 0 Å². The van der Waals surface area contributed by atoms with Crippen molar-refractivity contribution in [1.82, 2.24) is 0 Å². The second-order valence-electron chi connectivity index (χ2n) is 27.5. The molecule has 0 amide bonds. The van der Waals surface area contributed by atoms with E-state index < -0.39 is 206 Å². The molecule has 0 spiro atoms. The van der Waals surface area contributed by atoms with Crippen LogP contribution in [-0.2, 0) is 47.5 Å². The number of aliphatic carboxylic acids is 1. The highest BCUT2D eigenvalue weighted by atomic mass is 16.8. The summed E-state index contributed by atoms with van der Waals surface area (Å²) in [4.78, 5) is 27.5. The zero-order valence-electron chi connectivity index (χ0n) is 48.7. The maximum absolute atomic E-state index is 14.3. The van der Waals surface area contributed by atoms with Crippen LogP contribution in [0.25, 0.3) is 0 Å². The van der Waals surface area contributed by atoms with Gasteiger partial charge in [-0.25, -0.2) is 4.79 Å². The van der Waals surface area contributed by atoms with E-state index in [-0.39, 0.29) is 23.0 Å². The van der Waals surface area contributed by atoms with Gasteiger partial charge in [-0.1, -0.05) is 66.2 Å². The monoisotopic (exact) mass is 1190 g/mol. The zero-order valence-corrected chi connectivity index (χ0v) is 48.7. The first-order valence-corrected chi connectivity index (χ1v) is 29.4. The lowest BCUT2D eigenvalue weighted by molar-refractivity contribution is -0.401. The SMILES string of the molecule is CC=C(C)C(=O)[C@H]1CC(C)(C)C[C@H]2C3=CC[C@@H]4[C@@]5(C)CC[C@H](O[C@@H]6O[C@H](C(=O)O)[C@@H](O)[C@H](O[C@@H]7OC[C@@H](O)[C@H](O)[C@H]7O[C@@H]7O[C@H](CO)[C@@H](O)[C@H](O)[C@H]7O)[C@H]6O[C@@H]6O[C@H](CO)[C@H](O)[C@H](O)[C@H]6O)C(C)(C)[C@@H]5CC[C@@]4(C)[C@]3(C)[C@@H](O)[C@@H](O)[C@@]12CO. The van der Waals surface area contributed by atoms with E-state index in [0.717, 1.165) is 5.57 Å². The van der Waals surface area contributed by atoms with Crippen molar-refractivity contribution in [3.05, 3.63) is 23.3 Å². The van der Waals surface area contributed by atoms with Gasteiger partial charge in [-0.2, -0.15) is 0 Å². The summed E-state index contributed by atoms with van der Waals surface area (Å²) in [6.45, 7) is 15.3. The number of ketones is 1. The minimum atomic E-state index is -2.24. The molecule has 4 heterocycles. The zero-order chi connectivity index (χ0) is 61.2. The van der Waals surface area contributed by atoms with Gasteiger partial charge in [0.1, 0.15) is 85.5 Å². The topological polar surface area (TPSA) is 411 Å². The molecule has 9 rings (SSSR count). The summed E-state index contributed by atoms with van der Waals surface area (Å²) in [7, 11) is 0. The first-order chi connectivity index (χ1) is 38.8. The van der Waals surface area contributed by atoms with E-state index in [1.54, 1.807) is 19.9 Å². The van der Waals surface area contributed by atoms with Gasteiger partial charge in [0.25, 0.3) is 0 Å². The molecule has 25 nitrogen and oxygen atoms in total. The number of rotatable bonds is 14. The molecule has 83 heavy (non-hydrogen) atoms. The molecule has 8 fully saturated rings. The minimum absolute atomic E-state index is 0.106. The molecule has 0 radical (unpaired) electrons. The van der Waals surface area contributed by atoms with Crippen LogP contribution in [0.4, 0.5) is 0 Å². The van der Waals surface area contributed by atoms with Crippen LogP contribution in [0.15, 0.2) is 23.3 Å². The Morgan fingerprint density at radius 2 is 1.22 bits per heavy atom. The van der Waals surface area contributed by atoms with E-state index in [4.69, 9.17) is 37.9 Å². The third-order valence-electron chi connectivity index (χ3n) is 22.4. The fourth-order valence-electron chi connectivity index (χ4n) is 17.5. The van der Waals surface area contributed by atoms with Crippen LogP contribution in [0.3, 0.4) is 0 Å². The molecule has 5 aliphatic carbocycles. The molecule has 9 aliphatic rings. The highest BCUT2D eigenvalue weighted by molar-refractivity contribution is 5.97. The van der Waals surface area contributed by atoms with Gasteiger partial charge in [-0.15, -0.1) is 0 Å². The molecular formula is C58H92O25. The Morgan fingerprint density at radius 3 is 1.77 bits per heavy atom. The van der Waals surface area contributed by atoms with Gasteiger partial charge in [-0.3, -0.25) is 4.79 Å². The molecule has 0 aromatic rings. The van der Waals surface area contributed by atoms with E-state index in [1.165, 1.54) is 0 Å². The predicted octanol–water partition coefficient (Wildman–Crippen LogP) is -2.13. The summed E-state index contributed by atoms with van der Waals surface area (Å²) in [6.07, 6.45) is -32.5. The van der Waals surface area contributed by atoms with Gasteiger partial charge >= 0.3 is 5.97 Å². The lowest BCUT2D eigenvalue weighted by atomic mass is 9.32. The van der Waals surface area contributed by atoms with Crippen LogP contribution in [0, 0.1) is 56.2 Å². The van der Waals surface area contributed by atoms with Gasteiger partial charge in [0.2, 0.25) is 0 Å². The lowest BCUT2D eigenvalue weighted by Crippen LogP contribution is -2.73. The van der Waals surface area contributed by atoms with Crippen molar-refractivity contribution >= 4 is 11.8 Å². The van der Waals surface area contributed by atoms with Crippen LogP contribution in [0.1, 0.15) is 107 Å². The summed E-state index contributed by atoms with van der Waals surface area (Å²) in [6, 6.07) is 0. The van der Waals surface area contributed by atoms with Gasteiger partial charge < -0.3 is 114 Å². The standard InChI is InChI=1S/C58H92O25/c1-10-23(2)33(63)26-18-53(3,4)17-25-24-11-12-31-55(7)15-14-32(54(5,6)30(55)13-16-56(31,8)57(24,9)46(72)47(73)58(25,26)22-61)79-52-45(83-50-40(70)38(68)36(66)29(20-60)78-50)42(41(71)43(81-52)48(74)75)80-51-44(34(64)27(62)21-76-51)82-49-39(69)37(67)35(65)28(19-59)77-49/h10-11,25-32,34-47,49-52,59-62,64-73H,12-22H2,1-9H3,(H,74,75)/t25-,26+,27+,28+,29+,30-,31+,32-,34-,35+,36-,37-,38-,39+,40+,41-,42-,43-,44+,45+,46-,47+,49-,50-,51-,52+,55-,56+,57-,58+/m0/s1. The Balaban J connectivity index is 1.05. The van der Waals surface area contributed by atoms with Crippen molar-refractivity contribution in [1.29, 1.82) is 0 Å². The van der Waals surface area contributed by atoms with E-state index in [0.29, 0.717) is 50.5 Å². The van der Waals surface area contributed by atoms with Crippen molar-refractivity contribution in [2.24, 2.45) is 56.2 Å². The van der Waals surface area contributed by atoms with Crippen molar-refractivity contribution < 1.29 is 124 Å². The molecule has 474 valence electrons. The summed E-state index contributed by atoms with van der Waals surface area (Å²) < 4.78 is 48.7. The Kier molecular flexibility index (Phi) is 18.5. The molecule has 30 atom stereocenters.